The maximum atomic E-state index is 12.1. The molecule has 2 fully saturated rings. The summed E-state index contributed by atoms with van der Waals surface area (Å²) < 4.78 is 5.35. The molecule has 0 aromatic carbocycles. The van der Waals surface area contributed by atoms with Crippen molar-refractivity contribution in [3.63, 3.8) is 0 Å². The Morgan fingerprint density at radius 3 is 2.65 bits per heavy atom. The quantitative estimate of drug-likeness (QED) is 0.689. The smallest absolute Gasteiger partial charge is 0.326 e. The van der Waals surface area contributed by atoms with Crippen molar-refractivity contribution in [1.29, 1.82) is 0 Å². The largest absolute Gasteiger partial charge is 0.480 e. The van der Waals surface area contributed by atoms with Gasteiger partial charge < -0.3 is 19.8 Å². The number of rotatable bonds is 2. The molecule has 0 spiro atoms. The van der Waals surface area contributed by atoms with Crippen molar-refractivity contribution >= 4 is 11.9 Å². The summed E-state index contributed by atoms with van der Waals surface area (Å²) >= 11 is 0. The summed E-state index contributed by atoms with van der Waals surface area (Å²) in [6, 6.07) is -0.914. The van der Waals surface area contributed by atoms with Crippen LogP contribution in [-0.4, -0.2) is 58.4 Å². The van der Waals surface area contributed by atoms with Crippen LogP contribution < -0.4 is 0 Å². The van der Waals surface area contributed by atoms with Crippen LogP contribution in [0.1, 0.15) is 25.7 Å². The molecule has 0 bridgehead atoms. The predicted octanol–water partition coefficient (Wildman–Crippen LogP) is -0.398. The van der Waals surface area contributed by atoms with Crippen molar-refractivity contribution in [1.82, 2.24) is 4.90 Å². The van der Waals surface area contributed by atoms with E-state index in [1.54, 1.807) is 0 Å². The first-order valence-corrected chi connectivity index (χ1v) is 5.92. The summed E-state index contributed by atoms with van der Waals surface area (Å²) in [5, 5.41) is 18.5. The molecule has 0 aliphatic carbocycles. The van der Waals surface area contributed by atoms with Gasteiger partial charge in [0, 0.05) is 19.6 Å². The Morgan fingerprint density at radius 2 is 2.06 bits per heavy atom. The average molecular weight is 243 g/mol. The van der Waals surface area contributed by atoms with Crippen LogP contribution >= 0.6 is 0 Å². The third-order valence-corrected chi connectivity index (χ3v) is 3.30. The molecule has 2 saturated heterocycles. The number of hydrogen-bond donors (Lipinski definition) is 2. The molecular formula is C11H17NO5. The summed E-state index contributed by atoms with van der Waals surface area (Å²) in [6.07, 6.45) is 1.32. The summed E-state index contributed by atoms with van der Waals surface area (Å²) in [6.45, 7) is 0.639. The van der Waals surface area contributed by atoms with Gasteiger partial charge >= 0.3 is 5.97 Å². The summed E-state index contributed by atoms with van der Waals surface area (Å²) in [5.41, 5.74) is 0. The second-order valence-electron chi connectivity index (χ2n) is 4.59. The van der Waals surface area contributed by atoms with Crippen LogP contribution in [0.3, 0.4) is 0 Å². The van der Waals surface area contributed by atoms with Crippen molar-refractivity contribution in [3.8, 4) is 0 Å². The second-order valence-corrected chi connectivity index (χ2v) is 4.59. The van der Waals surface area contributed by atoms with Gasteiger partial charge in [-0.1, -0.05) is 0 Å². The molecule has 2 aliphatic heterocycles. The maximum Gasteiger partial charge on any atom is 0.326 e. The molecule has 0 saturated carbocycles. The van der Waals surface area contributed by atoms with Gasteiger partial charge in [0.05, 0.1) is 6.10 Å². The molecule has 2 N–H and O–H groups in total. The first kappa shape index (κ1) is 12.3. The zero-order valence-electron chi connectivity index (χ0n) is 9.54. The average Bonchev–Trinajstić information content (AvgIpc) is 2.72. The third kappa shape index (κ3) is 2.58. The lowest BCUT2D eigenvalue weighted by Gasteiger charge is -2.28. The molecule has 3 atom stereocenters. The molecular weight excluding hydrogens is 226 g/mol. The van der Waals surface area contributed by atoms with E-state index in [1.165, 1.54) is 4.90 Å². The molecule has 2 aliphatic rings. The van der Waals surface area contributed by atoms with E-state index in [4.69, 9.17) is 9.84 Å². The number of amides is 1. The zero-order chi connectivity index (χ0) is 12.4. The molecule has 0 radical (unpaired) electrons. The Bertz CT molecular complexity index is 313. The fourth-order valence-corrected chi connectivity index (χ4v) is 2.41. The number of carbonyl (C=O) groups is 2. The molecule has 6 heteroatoms. The van der Waals surface area contributed by atoms with Crippen LogP contribution in [0.4, 0.5) is 0 Å². The topological polar surface area (TPSA) is 87.1 Å². The summed E-state index contributed by atoms with van der Waals surface area (Å²) in [7, 11) is 0. The van der Waals surface area contributed by atoms with Crippen LogP contribution in [0.2, 0.25) is 0 Å². The van der Waals surface area contributed by atoms with E-state index in [9.17, 15) is 14.7 Å². The van der Waals surface area contributed by atoms with Crippen LogP contribution in [0.15, 0.2) is 0 Å². The molecule has 1 amide bonds. The monoisotopic (exact) mass is 243 g/mol. The standard InChI is InChI=1S/C11H17NO5/c13-7-5-8(11(15)16)12(6-7)10(14)9-3-1-2-4-17-9/h7-9,13H,1-6H2,(H,15,16)/t7-,8-,9?/m1/s1. The summed E-state index contributed by atoms with van der Waals surface area (Å²) in [4.78, 5) is 24.3. The minimum Gasteiger partial charge on any atom is -0.480 e. The van der Waals surface area contributed by atoms with E-state index in [-0.39, 0.29) is 18.9 Å². The SMILES string of the molecule is O=C(O)[C@H]1C[C@@H](O)CN1C(=O)C1CCCCO1. The number of ether oxygens (including phenoxy) is 1. The first-order chi connectivity index (χ1) is 8.09. The van der Waals surface area contributed by atoms with Crippen LogP contribution in [0.25, 0.3) is 0 Å². The number of carboxylic acid groups (broad SMARTS) is 1. The van der Waals surface area contributed by atoms with Gasteiger partial charge in [0.15, 0.2) is 0 Å². The number of nitrogens with zero attached hydrogens (tertiary/aromatic N) is 1. The fraction of sp³-hybridized carbons (Fsp3) is 0.818. The van der Waals surface area contributed by atoms with Gasteiger partial charge in [-0.25, -0.2) is 4.79 Å². The van der Waals surface area contributed by atoms with E-state index in [2.05, 4.69) is 0 Å². The number of aliphatic hydroxyl groups is 1. The number of hydrogen-bond acceptors (Lipinski definition) is 4. The normalized spacial score (nSPS) is 33.7. The van der Waals surface area contributed by atoms with Gasteiger partial charge in [-0.05, 0) is 19.3 Å². The third-order valence-electron chi connectivity index (χ3n) is 3.30. The Kier molecular flexibility index (Phi) is 3.63. The molecule has 0 aromatic rings. The Labute approximate surface area is 99.2 Å². The number of carboxylic acids is 1. The lowest BCUT2D eigenvalue weighted by Crippen LogP contribution is -2.47. The van der Waals surface area contributed by atoms with Crippen molar-refractivity contribution in [2.45, 2.75) is 43.9 Å². The molecule has 17 heavy (non-hydrogen) atoms. The Balaban J connectivity index is 2.04. The maximum absolute atomic E-state index is 12.1. The van der Waals surface area contributed by atoms with E-state index in [0.29, 0.717) is 13.0 Å². The number of likely N-dealkylation sites (tertiary alicyclic amines) is 1. The van der Waals surface area contributed by atoms with Crippen molar-refractivity contribution in [3.05, 3.63) is 0 Å². The van der Waals surface area contributed by atoms with Crippen molar-refractivity contribution in [2.24, 2.45) is 0 Å². The first-order valence-electron chi connectivity index (χ1n) is 5.92. The van der Waals surface area contributed by atoms with E-state index < -0.39 is 24.2 Å². The van der Waals surface area contributed by atoms with Crippen LogP contribution in [0.5, 0.6) is 0 Å². The lowest BCUT2D eigenvalue weighted by molar-refractivity contribution is -0.155. The Morgan fingerprint density at radius 1 is 1.29 bits per heavy atom. The second kappa shape index (κ2) is 5.01. The molecule has 96 valence electrons. The van der Waals surface area contributed by atoms with Gasteiger partial charge in [0.1, 0.15) is 12.1 Å². The van der Waals surface area contributed by atoms with Crippen LogP contribution in [-0.2, 0) is 14.3 Å². The number of aliphatic carboxylic acids is 1. The highest BCUT2D eigenvalue weighted by Crippen LogP contribution is 2.23. The van der Waals surface area contributed by atoms with E-state index in [1.807, 2.05) is 0 Å². The highest BCUT2D eigenvalue weighted by Gasteiger charge is 2.41. The van der Waals surface area contributed by atoms with Gasteiger partial charge in [0.25, 0.3) is 5.91 Å². The zero-order valence-corrected chi connectivity index (χ0v) is 9.54. The lowest BCUT2D eigenvalue weighted by atomic mass is 10.1. The van der Waals surface area contributed by atoms with Gasteiger partial charge in [-0.2, -0.15) is 0 Å². The fourth-order valence-electron chi connectivity index (χ4n) is 2.41. The van der Waals surface area contributed by atoms with E-state index >= 15 is 0 Å². The predicted molar refractivity (Wildman–Crippen MR) is 57.4 cm³/mol. The number of carbonyl (C=O) groups excluding carboxylic acids is 1. The molecule has 6 nitrogen and oxygen atoms in total. The highest BCUT2D eigenvalue weighted by molar-refractivity contribution is 5.87. The van der Waals surface area contributed by atoms with Crippen molar-refractivity contribution in [2.75, 3.05) is 13.2 Å². The molecule has 1 unspecified atom stereocenters. The summed E-state index contributed by atoms with van der Waals surface area (Å²) in [5.74, 6) is -1.36. The molecule has 2 heterocycles. The molecule has 2 rings (SSSR count). The minimum absolute atomic E-state index is 0.0929. The molecule has 0 aromatic heterocycles. The Hall–Kier alpha value is -1.14. The van der Waals surface area contributed by atoms with Gasteiger partial charge in [-0.3, -0.25) is 4.79 Å². The minimum atomic E-state index is -1.06. The number of aliphatic hydroxyl groups excluding tert-OH is 1. The van der Waals surface area contributed by atoms with Gasteiger partial charge in [-0.15, -0.1) is 0 Å². The number of β-amino-alcohol motifs (C(OH)–C–C–N with tert-alkyl or cyclic N) is 1. The van der Waals surface area contributed by atoms with Crippen molar-refractivity contribution < 1.29 is 24.5 Å². The van der Waals surface area contributed by atoms with Gasteiger partial charge in [0.2, 0.25) is 0 Å². The van der Waals surface area contributed by atoms with Crippen LogP contribution in [0, 0.1) is 0 Å². The van der Waals surface area contributed by atoms with E-state index in [0.717, 1.165) is 12.8 Å². The highest BCUT2D eigenvalue weighted by atomic mass is 16.5.